The van der Waals surface area contributed by atoms with E-state index in [2.05, 4.69) is 10.6 Å². The minimum Gasteiger partial charge on any atom is -0.444 e. The molecule has 1 aromatic rings. The Morgan fingerprint density at radius 3 is 2.48 bits per heavy atom. The van der Waals surface area contributed by atoms with E-state index in [0.717, 1.165) is 0 Å². The summed E-state index contributed by atoms with van der Waals surface area (Å²) in [4.78, 5) is 23.6. The van der Waals surface area contributed by atoms with Crippen LogP contribution in [-0.4, -0.2) is 23.6 Å². The third kappa shape index (κ3) is 5.53. The van der Waals surface area contributed by atoms with E-state index in [0.29, 0.717) is 11.3 Å². The number of hydrogen-bond donors (Lipinski definition) is 2. The maximum Gasteiger partial charge on any atom is 0.408 e. The van der Waals surface area contributed by atoms with Crippen LogP contribution < -0.4 is 10.6 Å². The zero-order valence-electron chi connectivity index (χ0n) is 12.6. The summed E-state index contributed by atoms with van der Waals surface area (Å²) in [5, 5.41) is 14.0. The normalized spacial score (nSPS) is 12.0. The highest BCUT2D eigenvalue weighted by Gasteiger charge is 2.21. The second-order valence-electron chi connectivity index (χ2n) is 5.51. The molecule has 2 N–H and O–H groups in total. The van der Waals surface area contributed by atoms with Crippen LogP contribution in [0.5, 0.6) is 0 Å². The molecule has 0 aliphatic carbocycles. The van der Waals surface area contributed by atoms with E-state index < -0.39 is 23.6 Å². The van der Waals surface area contributed by atoms with E-state index in [1.807, 2.05) is 6.07 Å². The van der Waals surface area contributed by atoms with Crippen LogP contribution in [-0.2, 0) is 9.53 Å². The van der Waals surface area contributed by atoms with Gasteiger partial charge in [-0.25, -0.2) is 4.79 Å². The van der Waals surface area contributed by atoms with Gasteiger partial charge in [-0.1, -0.05) is 12.1 Å². The number of ether oxygens (including phenoxy) is 1. The molecule has 0 spiro atoms. The summed E-state index contributed by atoms with van der Waals surface area (Å²) in [5.74, 6) is -0.427. The standard InChI is InChI=1S/C15H19N3O3/c1-10(17-14(20)21-15(2,3)4)13(19)18-12-8-6-5-7-11(12)9-16/h5-8,10H,1-4H3,(H,17,20)(H,18,19). The Bertz CT molecular complexity index is 570. The van der Waals surface area contributed by atoms with Crippen LogP contribution >= 0.6 is 0 Å². The summed E-state index contributed by atoms with van der Waals surface area (Å²) >= 11 is 0. The van der Waals surface area contributed by atoms with Crippen LogP contribution in [0.15, 0.2) is 24.3 Å². The number of nitrogens with one attached hydrogen (secondary N) is 2. The third-order valence-electron chi connectivity index (χ3n) is 2.43. The number of rotatable bonds is 3. The number of nitrogens with zero attached hydrogens (tertiary/aromatic N) is 1. The highest BCUT2D eigenvalue weighted by Crippen LogP contribution is 2.13. The Morgan fingerprint density at radius 1 is 1.29 bits per heavy atom. The van der Waals surface area contributed by atoms with Gasteiger partial charge in [-0.05, 0) is 39.8 Å². The van der Waals surface area contributed by atoms with Gasteiger partial charge in [0.15, 0.2) is 0 Å². The molecule has 0 saturated carbocycles. The molecule has 21 heavy (non-hydrogen) atoms. The Balaban J connectivity index is 2.63. The minimum atomic E-state index is -0.786. The van der Waals surface area contributed by atoms with Crippen molar-refractivity contribution in [2.45, 2.75) is 39.3 Å². The first-order valence-corrected chi connectivity index (χ1v) is 6.52. The zero-order valence-corrected chi connectivity index (χ0v) is 12.6. The van der Waals surface area contributed by atoms with E-state index in [1.54, 1.807) is 45.0 Å². The molecule has 0 aliphatic heterocycles. The van der Waals surface area contributed by atoms with Crippen LogP contribution in [0, 0.1) is 11.3 Å². The predicted molar refractivity (Wildman–Crippen MR) is 78.6 cm³/mol. The SMILES string of the molecule is CC(NC(=O)OC(C)(C)C)C(=O)Nc1ccccc1C#N. The molecule has 6 nitrogen and oxygen atoms in total. The molecule has 0 saturated heterocycles. The number of carbonyl (C=O) groups is 2. The number of alkyl carbamates (subject to hydrolysis) is 1. The predicted octanol–water partition coefficient (Wildman–Crippen LogP) is 2.41. The summed E-state index contributed by atoms with van der Waals surface area (Å²) in [6.45, 7) is 6.75. The average Bonchev–Trinajstić information content (AvgIpc) is 2.36. The number of amides is 2. The summed E-state index contributed by atoms with van der Waals surface area (Å²) in [5.41, 5.74) is 0.131. The first-order valence-electron chi connectivity index (χ1n) is 6.52. The number of nitriles is 1. The van der Waals surface area contributed by atoms with Crippen molar-refractivity contribution >= 4 is 17.7 Å². The lowest BCUT2D eigenvalue weighted by molar-refractivity contribution is -0.117. The average molecular weight is 289 g/mol. The van der Waals surface area contributed by atoms with Gasteiger partial charge >= 0.3 is 6.09 Å². The van der Waals surface area contributed by atoms with Crippen molar-refractivity contribution in [3.8, 4) is 6.07 Å². The third-order valence-corrected chi connectivity index (χ3v) is 2.43. The summed E-state index contributed by atoms with van der Waals surface area (Å²) in [6.07, 6.45) is -0.668. The summed E-state index contributed by atoms with van der Waals surface area (Å²) < 4.78 is 5.07. The first kappa shape index (κ1) is 16.5. The Labute approximate surface area is 124 Å². The molecule has 0 aromatic heterocycles. The van der Waals surface area contributed by atoms with Crippen LogP contribution in [0.3, 0.4) is 0 Å². The summed E-state index contributed by atoms with van der Waals surface area (Å²) in [6, 6.07) is 7.84. The Kier molecular flexibility index (Phi) is 5.30. The van der Waals surface area contributed by atoms with Gasteiger partial charge in [-0.2, -0.15) is 5.26 Å². The van der Waals surface area contributed by atoms with Gasteiger partial charge in [-0.15, -0.1) is 0 Å². The lowest BCUT2D eigenvalue weighted by Crippen LogP contribution is -2.44. The lowest BCUT2D eigenvalue weighted by atomic mass is 10.2. The van der Waals surface area contributed by atoms with Crippen LogP contribution in [0.4, 0.5) is 10.5 Å². The zero-order chi connectivity index (χ0) is 16.0. The molecule has 1 aromatic carbocycles. The molecule has 1 atom stereocenters. The number of hydrogen-bond acceptors (Lipinski definition) is 4. The van der Waals surface area contributed by atoms with Crippen LogP contribution in [0.1, 0.15) is 33.3 Å². The number of anilines is 1. The van der Waals surface area contributed by atoms with Gasteiger partial charge < -0.3 is 15.4 Å². The second-order valence-corrected chi connectivity index (χ2v) is 5.51. The number of para-hydroxylation sites is 1. The second kappa shape index (κ2) is 6.75. The van der Waals surface area contributed by atoms with Crippen molar-refractivity contribution in [3.05, 3.63) is 29.8 Å². The topological polar surface area (TPSA) is 91.2 Å². The Hall–Kier alpha value is -2.55. The minimum absolute atomic E-state index is 0.357. The number of carbonyl (C=O) groups excluding carboxylic acids is 2. The van der Waals surface area contributed by atoms with Gasteiger partial charge in [0.05, 0.1) is 11.3 Å². The van der Waals surface area contributed by atoms with Crippen molar-refractivity contribution in [2.75, 3.05) is 5.32 Å². The van der Waals surface area contributed by atoms with Gasteiger partial charge in [0.25, 0.3) is 0 Å². The Morgan fingerprint density at radius 2 is 1.90 bits per heavy atom. The molecule has 2 amide bonds. The quantitative estimate of drug-likeness (QED) is 0.893. The number of benzene rings is 1. The van der Waals surface area contributed by atoms with E-state index in [9.17, 15) is 9.59 Å². The van der Waals surface area contributed by atoms with E-state index >= 15 is 0 Å². The molecule has 0 heterocycles. The van der Waals surface area contributed by atoms with E-state index in [1.165, 1.54) is 6.92 Å². The molecule has 0 aliphatic rings. The molecular formula is C15H19N3O3. The largest absolute Gasteiger partial charge is 0.444 e. The molecule has 0 bridgehead atoms. The van der Waals surface area contributed by atoms with Gasteiger partial charge in [-0.3, -0.25) is 4.79 Å². The van der Waals surface area contributed by atoms with Gasteiger partial charge in [0.2, 0.25) is 5.91 Å². The smallest absolute Gasteiger partial charge is 0.408 e. The van der Waals surface area contributed by atoms with Gasteiger partial charge in [0.1, 0.15) is 17.7 Å². The van der Waals surface area contributed by atoms with Crippen LogP contribution in [0.2, 0.25) is 0 Å². The molecule has 0 fully saturated rings. The molecule has 1 rings (SSSR count). The maximum atomic E-state index is 12.0. The molecular weight excluding hydrogens is 270 g/mol. The molecule has 1 unspecified atom stereocenters. The van der Waals surface area contributed by atoms with Crippen LogP contribution in [0.25, 0.3) is 0 Å². The van der Waals surface area contributed by atoms with Crippen molar-refractivity contribution in [1.82, 2.24) is 5.32 Å². The van der Waals surface area contributed by atoms with Crippen molar-refractivity contribution < 1.29 is 14.3 Å². The van der Waals surface area contributed by atoms with Gasteiger partial charge in [0, 0.05) is 0 Å². The fourth-order valence-electron chi connectivity index (χ4n) is 1.48. The lowest BCUT2D eigenvalue weighted by Gasteiger charge is -2.21. The van der Waals surface area contributed by atoms with Crippen molar-refractivity contribution in [2.24, 2.45) is 0 Å². The maximum absolute atomic E-state index is 12.0. The van der Waals surface area contributed by atoms with Crippen molar-refractivity contribution in [3.63, 3.8) is 0 Å². The highest BCUT2D eigenvalue weighted by atomic mass is 16.6. The fraction of sp³-hybridized carbons (Fsp3) is 0.400. The molecule has 112 valence electrons. The monoisotopic (exact) mass is 289 g/mol. The molecule has 0 radical (unpaired) electrons. The van der Waals surface area contributed by atoms with Crippen molar-refractivity contribution in [1.29, 1.82) is 5.26 Å². The first-order chi connectivity index (χ1) is 9.73. The fourth-order valence-corrected chi connectivity index (χ4v) is 1.48. The highest BCUT2D eigenvalue weighted by molar-refractivity contribution is 5.97. The molecule has 6 heteroatoms. The van der Waals surface area contributed by atoms with E-state index in [-0.39, 0.29) is 0 Å². The van der Waals surface area contributed by atoms with E-state index in [4.69, 9.17) is 10.00 Å². The summed E-state index contributed by atoms with van der Waals surface area (Å²) in [7, 11) is 0.